The molecule has 0 saturated carbocycles. The van der Waals surface area contributed by atoms with Gasteiger partial charge in [-0.05, 0) is 43.9 Å². The number of fused-ring (bicyclic) bond motifs is 1. The van der Waals surface area contributed by atoms with Gasteiger partial charge in [0.2, 0.25) is 17.7 Å². The SMILES string of the molecule is NCCCCC(NC(=O)C(CS)NC(=O)C(CS)NC(=O)C(N)Cc1c[nH]c2ccccc12)C(=O)O. The van der Waals surface area contributed by atoms with E-state index in [1.807, 2.05) is 24.3 Å². The zero-order chi connectivity index (χ0) is 26.7. The van der Waals surface area contributed by atoms with E-state index in [1.54, 1.807) is 6.20 Å². The average molecular weight is 539 g/mol. The van der Waals surface area contributed by atoms with Crippen LogP contribution in [0.4, 0.5) is 0 Å². The quantitative estimate of drug-likeness (QED) is 0.108. The lowest BCUT2D eigenvalue weighted by Crippen LogP contribution is -2.58. The van der Waals surface area contributed by atoms with Crippen molar-refractivity contribution in [2.45, 2.75) is 49.9 Å². The van der Waals surface area contributed by atoms with Crippen LogP contribution in [-0.4, -0.2) is 76.0 Å². The van der Waals surface area contributed by atoms with Crippen LogP contribution < -0.4 is 27.4 Å². The first kappa shape index (κ1) is 29.5. The number of nitrogens with two attached hydrogens (primary N) is 2. The van der Waals surface area contributed by atoms with Crippen molar-refractivity contribution in [3.05, 3.63) is 36.0 Å². The minimum absolute atomic E-state index is 0.0465. The molecule has 0 saturated heterocycles. The van der Waals surface area contributed by atoms with Crippen molar-refractivity contribution in [3.63, 3.8) is 0 Å². The fourth-order valence-corrected chi connectivity index (χ4v) is 4.11. The van der Waals surface area contributed by atoms with Gasteiger partial charge in [0, 0.05) is 28.6 Å². The maximum atomic E-state index is 12.8. The Kier molecular flexibility index (Phi) is 12.1. The average Bonchev–Trinajstić information content (AvgIpc) is 3.27. The standard InChI is InChI=1S/C23H34N6O5S2/c24-8-4-3-7-17(23(33)34)27-21(31)19(12-36)29-22(32)18(11-35)28-20(30)15(25)9-13-10-26-16-6-2-1-5-14(13)16/h1-2,5-6,10,15,17-19,26,35-36H,3-4,7-9,11-12,24-25H2,(H,27,31)(H,28,30)(H,29,32)(H,33,34). The number of carboxylic acids is 1. The Morgan fingerprint density at radius 2 is 1.50 bits per heavy atom. The van der Waals surface area contributed by atoms with E-state index in [0.717, 1.165) is 16.5 Å². The van der Waals surface area contributed by atoms with Gasteiger partial charge in [0.25, 0.3) is 0 Å². The monoisotopic (exact) mass is 538 g/mol. The van der Waals surface area contributed by atoms with E-state index in [2.05, 4.69) is 46.2 Å². The summed E-state index contributed by atoms with van der Waals surface area (Å²) in [6.07, 6.45) is 3.39. The molecule has 1 aromatic carbocycles. The summed E-state index contributed by atoms with van der Waals surface area (Å²) in [6, 6.07) is 3.40. The third-order valence-corrected chi connectivity index (χ3v) is 6.37. The Labute approximate surface area is 220 Å². The molecule has 4 atom stereocenters. The van der Waals surface area contributed by atoms with Crippen molar-refractivity contribution in [2.24, 2.45) is 11.5 Å². The van der Waals surface area contributed by atoms with Crippen LogP contribution in [0, 0.1) is 0 Å². The molecule has 1 aromatic heterocycles. The number of carboxylic acid groups (broad SMARTS) is 1. The van der Waals surface area contributed by atoms with Crippen molar-refractivity contribution in [1.82, 2.24) is 20.9 Å². The van der Waals surface area contributed by atoms with Gasteiger partial charge in [0.05, 0.1) is 6.04 Å². The Bertz CT molecular complexity index is 1050. The molecule has 0 aliphatic heterocycles. The van der Waals surface area contributed by atoms with Crippen molar-refractivity contribution in [1.29, 1.82) is 0 Å². The fourth-order valence-electron chi connectivity index (χ4n) is 3.59. The van der Waals surface area contributed by atoms with Gasteiger partial charge in [-0.2, -0.15) is 25.3 Å². The summed E-state index contributed by atoms with van der Waals surface area (Å²) in [6.45, 7) is 0.415. The van der Waals surface area contributed by atoms with E-state index >= 15 is 0 Å². The molecule has 0 aliphatic rings. The lowest BCUT2D eigenvalue weighted by atomic mass is 10.0. The number of benzene rings is 1. The molecule has 0 bridgehead atoms. The third kappa shape index (κ3) is 8.43. The third-order valence-electron chi connectivity index (χ3n) is 5.64. The van der Waals surface area contributed by atoms with Gasteiger partial charge >= 0.3 is 5.97 Å². The molecule has 2 aromatic rings. The molecule has 0 radical (unpaired) electrons. The smallest absolute Gasteiger partial charge is 0.326 e. The summed E-state index contributed by atoms with van der Waals surface area (Å²) < 4.78 is 0. The van der Waals surface area contributed by atoms with Crippen LogP contribution >= 0.6 is 25.3 Å². The number of hydrogen-bond acceptors (Lipinski definition) is 8. The number of hydrogen-bond donors (Lipinski definition) is 9. The molecular formula is C23H34N6O5S2. The van der Waals surface area contributed by atoms with Gasteiger partial charge in [0.1, 0.15) is 18.1 Å². The highest BCUT2D eigenvalue weighted by Gasteiger charge is 2.29. The first-order valence-electron chi connectivity index (χ1n) is 11.6. The molecule has 2 rings (SSSR count). The van der Waals surface area contributed by atoms with Crippen molar-refractivity contribution in [2.75, 3.05) is 18.1 Å². The number of H-pyrrole nitrogens is 1. The van der Waals surface area contributed by atoms with Gasteiger partial charge in [-0.1, -0.05) is 18.2 Å². The summed E-state index contributed by atoms with van der Waals surface area (Å²) >= 11 is 8.24. The molecular weight excluding hydrogens is 504 g/mol. The number of aromatic nitrogens is 1. The van der Waals surface area contributed by atoms with Crippen LogP contribution in [0.5, 0.6) is 0 Å². The van der Waals surface area contributed by atoms with Crippen LogP contribution in [0.3, 0.4) is 0 Å². The topological polar surface area (TPSA) is 192 Å². The lowest BCUT2D eigenvalue weighted by Gasteiger charge is -2.23. The van der Waals surface area contributed by atoms with Crippen LogP contribution in [0.25, 0.3) is 10.9 Å². The van der Waals surface area contributed by atoms with Gasteiger partial charge in [0.15, 0.2) is 0 Å². The molecule has 36 heavy (non-hydrogen) atoms. The summed E-state index contributed by atoms with van der Waals surface area (Å²) in [5.41, 5.74) is 13.3. The predicted octanol–water partition coefficient (Wildman–Crippen LogP) is -0.435. The Balaban J connectivity index is 1.95. The number of rotatable bonds is 15. The van der Waals surface area contributed by atoms with E-state index < -0.39 is 47.9 Å². The highest BCUT2D eigenvalue weighted by Crippen LogP contribution is 2.18. The van der Waals surface area contributed by atoms with Crippen molar-refractivity contribution in [3.8, 4) is 0 Å². The molecule has 0 fully saturated rings. The molecule has 9 N–H and O–H groups in total. The minimum atomic E-state index is -1.19. The summed E-state index contributed by atoms with van der Waals surface area (Å²) in [4.78, 5) is 52.6. The number of aromatic amines is 1. The van der Waals surface area contributed by atoms with Gasteiger partial charge in [-0.15, -0.1) is 0 Å². The molecule has 13 heteroatoms. The van der Waals surface area contributed by atoms with Crippen LogP contribution in [-0.2, 0) is 25.6 Å². The number of amides is 3. The number of unbranched alkanes of at least 4 members (excludes halogenated alkanes) is 1. The van der Waals surface area contributed by atoms with Gasteiger partial charge < -0.3 is 37.5 Å². The van der Waals surface area contributed by atoms with E-state index in [9.17, 15) is 24.3 Å². The zero-order valence-electron chi connectivity index (χ0n) is 19.8. The minimum Gasteiger partial charge on any atom is -0.480 e. The molecule has 0 aliphatic carbocycles. The number of para-hydroxylation sites is 1. The first-order chi connectivity index (χ1) is 17.2. The highest BCUT2D eigenvalue weighted by molar-refractivity contribution is 7.80. The summed E-state index contributed by atoms with van der Waals surface area (Å²) in [5.74, 6) is -3.23. The Hall–Kier alpha value is -2.74. The number of aliphatic carboxylic acids is 1. The maximum absolute atomic E-state index is 12.8. The number of carbonyl (C=O) groups excluding carboxylic acids is 3. The Morgan fingerprint density at radius 1 is 0.917 bits per heavy atom. The van der Waals surface area contributed by atoms with Crippen molar-refractivity contribution >= 4 is 59.9 Å². The molecule has 11 nitrogen and oxygen atoms in total. The predicted molar refractivity (Wildman–Crippen MR) is 144 cm³/mol. The maximum Gasteiger partial charge on any atom is 0.326 e. The van der Waals surface area contributed by atoms with E-state index in [4.69, 9.17) is 11.5 Å². The van der Waals surface area contributed by atoms with Crippen LogP contribution in [0.15, 0.2) is 30.5 Å². The van der Waals surface area contributed by atoms with Gasteiger partial charge in [-0.3, -0.25) is 14.4 Å². The summed E-state index contributed by atoms with van der Waals surface area (Å²) in [5, 5.41) is 17.8. The van der Waals surface area contributed by atoms with Crippen molar-refractivity contribution < 1.29 is 24.3 Å². The second kappa shape index (κ2) is 14.7. The second-order valence-corrected chi connectivity index (χ2v) is 9.07. The van der Waals surface area contributed by atoms with E-state index in [-0.39, 0.29) is 24.3 Å². The molecule has 198 valence electrons. The normalized spacial score (nSPS) is 14.4. The lowest BCUT2D eigenvalue weighted by molar-refractivity contribution is -0.142. The van der Waals surface area contributed by atoms with Crippen LogP contribution in [0.1, 0.15) is 24.8 Å². The number of thiol groups is 2. The second-order valence-electron chi connectivity index (χ2n) is 8.34. The van der Waals surface area contributed by atoms with Crippen LogP contribution in [0.2, 0.25) is 0 Å². The number of nitrogens with one attached hydrogen (secondary N) is 4. The molecule has 4 unspecified atom stereocenters. The summed E-state index contributed by atoms with van der Waals surface area (Å²) in [7, 11) is 0. The first-order valence-corrected chi connectivity index (χ1v) is 12.8. The highest BCUT2D eigenvalue weighted by atomic mass is 32.1. The van der Waals surface area contributed by atoms with E-state index in [0.29, 0.717) is 19.4 Å². The fraction of sp³-hybridized carbons (Fsp3) is 0.478. The Morgan fingerprint density at radius 3 is 2.08 bits per heavy atom. The zero-order valence-corrected chi connectivity index (χ0v) is 21.6. The molecule has 1 heterocycles. The van der Waals surface area contributed by atoms with E-state index in [1.165, 1.54) is 0 Å². The number of carbonyl (C=O) groups is 4. The largest absolute Gasteiger partial charge is 0.480 e. The molecule has 3 amide bonds. The molecule has 0 spiro atoms. The van der Waals surface area contributed by atoms with Gasteiger partial charge in [-0.25, -0.2) is 4.79 Å².